The van der Waals surface area contributed by atoms with Crippen LogP contribution in [0, 0.1) is 12.8 Å². The van der Waals surface area contributed by atoms with Gasteiger partial charge in [0.05, 0.1) is 17.2 Å². The molecular formula is C14H15F3N2O3. The van der Waals surface area contributed by atoms with E-state index in [9.17, 15) is 22.8 Å². The van der Waals surface area contributed by atoms with Gasteiger partial charge in [0.1, 0.15) is 5.69 Å². The topological polar surface area (TPSA) is 79.3 Å². The van der Waals surface area contributed by atoms with Gasteiger partial charge in [0.25, 0.3) is 5.91 Å². The summed E-state index contributed by atoms with van der Waals surface area (Å²) >= 11 is 0. The van der Waals surface area contributed by atoms with Crippen molar-refractivity contribution in [1.29, 1.82) is 0 Å². The third-order valence-electron chi connectivity index (χ3n) is 3.74. The summed E-state index contributed by atoms with van der Waals surface area (Å²) in [7, 11) is 0. The Morgan fingerprint density at radius 3 is 2.50 bits per heavy atom. The number of alkyl halides is 3. The molecule has 0 spiro atoms. The minimum atomic E-state index is -4.56. The van der Waals surface area contributed by atoms with E-state index >= 15 is 0 Å². The van der Waals surface area contributed by atoms with Gasteiger partial charge in [0.2, 0.25) is 0 Å². The Kier molecular flexibility index (Phi) is 4.39. The van der Waals surface area contributed by atoms with Crippen molar-refractivity contribution in [1.82, 2.24) is 10.3 Å². The van der Waals surface area contributed by atoms with Crippen molar-refractivity contribution >= 4 is 11.9 Å². The second kappa shape index (κ2) is 5.94. The zero-order valence-electron chi connectivity index (χ0n) is 11.8. The molecule has 0 radical (unpaired) electrons. The fraction of sp³-hybridized carbons (Fsp3) is 0.500. The fourth-order valence-corrected chi connectivity index (χ4v) is 2.56. The lowest BCUT2D eigenvalue weighted by atomic mass is 10.1. The molecule has 2 atom stereocenters. The minimum Gasteiger partial charge on any atom is -0.481 e. The Morgan fingerprint density at radius 2 is 2.00 bits per heavy atom. The van der Waals surface area contributed by atoms with E-state index in [1.54, 1.807) is 0 Å². The molecule has 0 aliphatic heterocycles. The van der Waals surface area contributed by atoms with E-state index in [0.29, 0.717) is 19.3 Å². The second-order valence-corrected chi connectivity index (χ2v) is 5.35. The quantitative estimate of drug-likeness (QED) is 0.897. The third-order valence-corrected chi connectivity index (χ3v) is 3.74. The first-order valence-electron chi connectivity index (χ1n) is 6.77. The highest BCUT2D eigenvalue weighted by atomic mass is 19.4. The average Bonchev–Trinajstić information content (AvgIpc) is 2.86. The lowest BCUT2D eigenvalue weighted by molar-refractivity contribution is -0.142. The van der Waals surface area contributed by atoms with E-state index in [4.69, 9.17) is 5.11 Å². The molecule has 0 bridgehead atoms. The van der Waals surface area contributed by atoms with E-state index in [1.165, 1.54) is 6.92 Å². The number of pyridine rings is 1. The van der Waals surface area contributed by atoms with E-state index in [1.807, 2.05) is 0 Å². The second-order valence-electron chi connectivity index (χ2n) is 5.35. The highest BCUT2D eigenvalue weighted by Crippen LogP contribution is 2.29. The number of amides is 1. The molecule has 0 aromatic carbocycles. The van der Waals surface area contributed by atoms with Gasteiger partial charge in [-0.1, -0.05) is 0 Å². The van der Waals surface area contributed by atoms with Crippen molar-refractivity contribution in [2.75, 3.05) is 0 Å². The highest BCUT2D eigenvalue weighted by Gasteiger charge is 2.34. The monoisotopic (exact) mass is 316 g/mol. The molecular weight excluding hydrogens is 301 g/mol. The molecule has 120 valence electrons. The number of aliphatic carboxylic acids is 1. The van der Waals surface area contributed by atoms with Crippen molar-refractivity contribution in [3.63, 3.8) is 0 Å². The maximum Gasteiger partial charge on any atom is 0.433 e. The maximum atomic E-state index is 12.5. The van der Waals surface area contributed by atoms with Gasteiger partial charge >= 0.3 is 12.1 Å². The van der Waals surface area contributed by atoms with Crippen LogP contribution in [-0.2, 0) is 11.0 Å². The van der Waals surface area contributed by atoms with Crippen molar-refractivity contribution in [3.8, 4) is 0 Å². The Bertz CT molecular complexity index is 601. The highest BCUT2D eigenvalue weighted by molar-refractivity contribution is 5.95. The molecule has 1 saturated carbocycles. The fourth-order valence-electron chi connectivity index (χ4n) is 2.56. The van der Waals surface area contributed by atoms with Crippen molar-refractivity contribution in [2.24, 2.45) is 5.92 Å². The largest absolute Gasteiger partial charge is 0.481 e. The van der Waals surface area contributed by atoms with Crippen LogP contribution in [0.3, 0.4) is 0 Å². The summed E-state index contributed by atoms with van der Waals surface area (Å²) < 4.78 is 37.6. The summed E-state index contributed by atoms with van der Waals surface area (Å²) in [6, 6.07) is 1.57. The molecule has 22 heavy (non-hydrogen) atoms. The van der Waals surface area contributed by atoms with Crippen LogP contribution in [0.15, 0.2) is 12.1 Å². The molecule has 1 heterocycles. The number of rotatable bonds is 3. The number of carbonyl (C=O) groups excluding carboxylic acids is 1. The number of nitrogens with zero attached hydrogens (tertiary/aromatic N) is 1. The van der Waals surface area contributed by atoms with Crippen LogP contribution in [0.2, 0.25) is 0 Å². The van der Waals surface area contributed by atoms with E-state index in [0.717, 1.165) is 12.1 Å². The zero-order valence-corrected chi connectivity index (χ0v) is 11.8. The first-order valence-corrected chi connectivity index (χ1v) is 6.77. The Hall–Kier alpha value is -2.12. The standard InChI is InChI=1S/C14H15F3N2O3/c1-7-10(4-5-11(18-7)14(15,16)17)12(20)19-9-3-2-8(6-9)13(21)22/h4-5,8-9H,2-3,6H2,1H3,(H,19,20)(H,21,22)/t8-,9+/m0/s1. The van der Waals surface area contributed by atoms with Gasteiger partial charge in [-0.15, -0.1) is 0 Å². The Morgan fingerprint density at radius 1 is 1.32 bits per heavy atom. The normalized spacial score (nSPS) is 21.6. The summed E-state index contributed by atoms with van der Waals surface area (Å²) in [4.78, 5) is 26.3. The first kappa shape index (κ1) is 16.3. The molecule has 2 rings (SSSR count). The third kappa shape index (κ3) is 3.55. The van der Waals surface area contributed by atoms with Crippen LogP contribution in [0.1, 0.15) is 41.0 Å². The van der Waals surface area contributed by atoms with Gasteiger partial charge in [-0.05, 0) is 38.3 Å². The van der Waals surface area contributed by atoms with E-state index < -0.39 is 29.7 Å². The van der Waals surface area contributed by atoms with Crippen LogP contribution in [0.25, 0.3) is 0 Å². The number of nitrogens with one attached hydrogen (secondary N) is 1. The number of hydrogen-bond acceptors (Lipinski definition) is 3. The van der Waals surface area contributed by atoms with Gasteiger partial charge in [-0.3, -0.25) is 9.59 Å². The van der Waals surface area contributed by atoms with Crippen LogP contribution >= 0.6 is 0 Å². The van der Waals surface area contributed by atoms with Gasteiger partial charge in [-0.2, -0.15) is 13.2 Å². The number of aryl methyl sites for hydroxylation is 1. The SMILES string of the molecule is Cc1nc(C(F)(F)F)ccc1C(=O)N[C@@H]1CC[C@H](C(=O)O)C1. The van der Waals surface area contributed by atoms with Gasteiger partial charge < -0.3 is 10.4 Å². The van der Waals surface area contributed by atoms with Crippen LogP contribution < -0.4 is 5.32 Å². The molecule has 0 unspecified atom stereocenters. The molecule has 1 aliphatic rings. The Balaban J connectivity index is 2.06. The summed E-state index contributed by atoms with van der Waals surface area (Å²) in [5.41, 5.74) is -1.000. The van der Waals surface area contributed by atoms with Gasteiger partial charge in [-0.25, -0.2) is 4.98 Å². The average molecular weight is 316 g/mol. The molecule has 1 amide bonds. The van der Waals surface area contributed by atoms with Crippen molar-refractivity contribution in [2.45, 2.75) is 38.4 Å². The molecule has 1 aromatic rings. The minimum absolute atomic E-state index is 0.0138. The predicted octanol–water partition coefficient (Wildman–Crippen LogP) is 2.39. The molecule has 1 aromatic heterocycles. The molecule has 0 saturated heterocycles. The molecule has 8 heteroatoms. The maximum absolute atomic E-state index is 12.5. The molecule has 5 nitrogen and oxygen atoms in total. The lowest BCUT2D eigenvalue weighted by Crippen LogP contribution is -2.34. The first-order chi connectivity index (χ1) is 10.2. The zero-order chi connectivity index (χ0) is 16.5. The van der Waals surface area contributed by atoms with E-state index in [2.05, 4.69) is 10.3 Å². The van der Waals surface area contributed by atoms with Gasteiger partial charge in [0.15, 0.2) is 0 Å². The number of aromatic nitrogens is 1. The summed E-state index contributed by atoms with van der Waals surface area (Å²) in [5.74, 6) is -1.92. The van der Waals surface area contributed by atoms with Crippen LogP contribution in [-0.4, -0.2) is 28.0 Å². The predicted molar refractivity (Wildman–Crippen MR) is 70.2 cm³/mol. The van der Waals surface area contributed by atoms with E-state index in [-0.39, 0.29) is 17.3 Å². The van der Waals surface area contributed by atoms with Crippen molar-refractivity contribution < 1.29 is 27.9 Å². The molecule has 1 fully saturated rings. The Labute approximate surface area is 124 Å². The van der Waals surface area contributed by atoms with Crippen molar-refractivity contribution in [3.05, 3.63) is 29.1 Å². The molecule has 1 aliphatic carbocycles. The lowest BCUT2D eigenvalue weighted by Gasteiger charge is -2.14. The number of carbonyl (C=O) groups is 2. The summed E-state index contributed by atoms with van der Waals surface area (Å²) in [5, 5.41) is 11.6. The number of carboxylic acids is 1. The number of hydrogen-bond donors (Lipinski definition) is 2. The number of carboxylic acid groups (broad SMARTS) is 1. The van der Waals surface area contributed by atoms with Crippen LogP contribution in [0.4, 0.5) is 13.2 Å². The van der Waals surface area contributed by atoms with Crippen LogP contribution in [0.5, 0.6) is 0 Å². The molecule has 2 N–H and O–H groups in total. The summed E-state index contributed by atoms with van der Waals surface area (Å²) in [6.45, 7) is 1.33. The number of halogens is 3. The summed E-state index contributed by atoms with van der Waals surface area (Å²) in [6.07, 6.45) is -3.21. The van der Waals surface area contributed by atoms with Gasteiger partial charge in [0, 0.05) is 6.04 Å². The smallest absolute Gasteiger partial charge is 0.433 e.